The largest absolute Gasteiger partial charge is 0.495 e. The van der Waals surface area contributed by atoms with Crippen molar-refractivity contribution in [3.8, 4) is 22.6 Å². The van der Waals surface area contributed by atoms with Crippen LogP contribution in [0, 0.1) is 0 Å². The number of carbonyl (C=O) groups is 1. The van der Waals surface area contributed by atoms with Crippen LogP contribution in [0.25, 0.3) is 27.7 Å². The third-order valence-electron chi connectivity index (χ3n) is 6.71. The fourth-order valence-electron chi connectivity index (χ4n) is 4.61. The monoisotopic (exact) mass is 587 g/mol. The average molecular weight is 588 g/mol. The zero-order valence-corrected chi connectivity index (χ0v) is 24.7. The highest BCUT2D eigenvalue weighted by Crippen LogP contribution is 2.35. The van der Waals surface area contributed by atoms with Crippen molar-refractivity contribution in [3.05, 3.63) is 81.6 Å². The van der Waals surface area contributed by atoms with E-state index in [9.17, 15) is 9.59 Å². The van der Waals surface area contributed by atoms with E-state index in [1.54, 1.807) is 36.7 Å². The topological polar surface area (TPSA) is 109 Å². The van der Waals surface area contributed by atoms with Gasteiger partial charge in [0.25, 0.3) is 5.56 Å². The van der Waals surface area contributed by atoms with Crippen molar-refractivity contribution >= 4 is 69.2 Å². The van der Waals surface area contributed by atoms with Gasteiger partial charge in [-0.15, -0.1) is 5.10 Å². The highest BCUT2D eigenvalue weighted by Gasteiger charge is 2.24. The Bertz CT molecular complexity index is 1830. The number of benzene rings is 2. The standard InChI is InChI=1S/C26H26B3Cl2N7O3/c1-3-20(25(40)32-16-5-6-19-14(8-16)11-38(34-19)26(27,28)29)36-12-22(41-2)18(10-24(36)39)17-9-15(30)4-7-21(17)37-13-23(31)33-35-37/h4-13,20H,3,27-29H2,1-2H3,(H,32,40). The Kier molecular flexibility index (Phi) is 7.76. The van der Waals surface area contributed by atoms with Gasteiger partial charge in [0.1, 0.15) is 35.3 Å². The molecule has 5 rings (SSSR count). The van der Waals surface area contributed by atoms with Crippen LogP contribution in [0.2, 0.25) is 10.2 Å². The van der Waals surface area contributed by atoms with E-state index in [1.165, 1.54) is 22.4 Å². The van der Waals surface area contributed by atoms with Crippen LogP contribution in [0.4, 0.5) is 5.69 Å². The van der Waals surface area contributed by atoms with E-state index < -0.39 is 6.04 Å². The van der Waals surface area contributed by atoms with Crippen molar-refractivity contribution in [2.24, 2.45) is 0 Å². The number of carbonyl (C=O) groups excluding carboxylic acids is 1. The number of methoxy groups -OCH3 is 1. The van der Waals surface area contributed by atoms with Gasteiger partial charge in [-0.2, -0.15) is 5.10 Å². The molecule has 0 aliphatic carbocycles. The number of ether oxygens (including phenoxy) is 1. The van der Waals surface area contributed by atoms with Crippen LogP contribution in [0.1, 0.15) is 19.4 Å². The number of rotatable bonds is 8. The molecule has 10 nitrogen and oxygen atoms in total. The first-order chi connectivity index (χ1) is 19.5. The Labute approximate surface area is 248 Å². The number of nitrogens with zero attached hydrogens (tertiary/aromatic N) is 6. The molecule has 3 heterocycles. The molecule has 41 heavy (non-hydrogen) atoms. The second-order valence-electron chi connectivity index (χ2n) is 10.6. The lowest BCUT2D eigenvalue weighted by molar-refractivity contribution is -0.119. The van der Waals surface area contributed by atoms with Crippen molar-refractivity contribution in [1.82, 2.24) is 29.3 Å². The number of pyridine rings is 1. The maximum Gasteiger partial charge on any atom is 0.252 e. The molecule has 0 aliphatic heterocycles. The third-order valence-corrected chi connectivity index (χ3v) is 7.12. The van der Waals surface area contributed by atoms with E-state index in [0.29, 0.717) is 39.7 Å². The second kappa shape index (κ2) is 11.1. The fourth-order valence-corrected chi connectivity index (χ4v) is 4.91. The van der Waals surface area contributed by atoms with Crippen molar-refractivity contribution in [2.45, 2.75) is 24.6 Å². The lowest BCUT2D eigenvalue weighted by atomic mass is 9.49. The molecule has 0 bridgehead atoms. The minimum absolute atomic E-state index is 0.170. The number of aromatic nitrogens is 6. The number of hydrogen-bond acceptors (Lipinski definition) is 6. The zero-order chi connectivity index (χ0) is 29.5. The Morgan fingerprint density at radius 3 is 2.51 bits per heavy atom. The van der Waals surface area contributed by atoms with E-state index in [2.05, 4.69) is 44.3 Å². The smallest absolute Gasteiger partial charge is 0.252 e. The van der Waals surface area contributed by atoms with E-state index in [4.69, 9.17) is 27.9 Å². The number of fused-ring (bicyclic) bond motifs is 1. The van der Waals surface area contributed by atoms with Crippen molar-refractivity contribution < 1.29 is 9.53 Å². The van der Waals surface area contributed by atoms with Crippen LogP contribution in [0.15, 0.2) is 65.8 Å². The highest BCUT2D eigenvalue weighted by molar-refractivity contribution is 6.56. The number of amides is 1. The molecule has 3 aromatic heterocycles. The molecule has 0 radical (unpaired) electrons. The summed E-state index contributed by atoms with van der Waals surface area (Å²) in [6.07, 6.45) is 5.41. The minimum Gasteiger partial charge on any atom is -0.495 e. The summed E-state index contributed by atoms with van der Waals surface area (Å²) in [5.41, 5.74) is 2.72. The van der Waals surface area contributed by atoms with E-state index in [1.807, 2.05) is 29.9 Å². The number of nitrogens with one attached hydrogen (secondary N) is 1. The van der Waals surface area contributed by atoms with Crippen molar-refractivity contribution in [1.29, 1.82) is 0 Å². The molecule has 0 fully saturated rings. The summed E-state index contributed by atoms with van der Waals surface area (Å²) in [5, 5.41) is 16.9. The Morgan fingerprint density at radius 2 is 1.85 bits per heavy atom. The molecule has 1 unspecified atom stereocenters. The van der Waals surface area contributed by atoms with E-state index in [-0.39, 0.29) is 21.9 Å². The van der Waals surface area contributed by atoms with Gasteiger partial charge >= 0.3 is 0 Å². The molecule has 5 aromatic rings. The molecule has 0 saturated carbocycles. The van der Waals surface area contributed by atoms with Gasteiger partial charge in [-0.1, -0.05) is 35.3 Å². The molecule has 0 saturated heterocycles. The van der Waals surface area contributed by atoms with Gasteiger partial charge in [0.05, 0.1) is 30.7 Å². The fraction of sp³-hybridized carbons (Fsp3) is 0.192. The summed E-state index contributed by atoms with van der Waals surface area (Å²) in [6.45, 7) is 1.84. The molecule has 1 N–H and O–H groups in total. The molecule has 0 aliphatic rings. The average Bonchev–Trinajstić information content (AvgIpc) is 3.55. The van der Waals surface area contributed by atoms with Crippen molar-refractivity contribution in [2.75, 3.05) is 12.4 Å². The van der Waals surface area contributed by atoms with Crippen LogP contribution in [-0.4, -0.2) is 65.9 Å². The first kappa shape index (κ1) is 28.6. The first-order valence-corrected chi connectivity index (χ1v) is 13.7. The number of hydrogen-bond donors (Lipinski definition) is 1. The van der Waals surface area contributed by atoms with Crippen LogP contribution in [0.5, 0.6) is 5.75 Å². The predicted molar refractivity (Wildman–Crippen MR) is 169 cm³/mol. The molecule has 206 valence electrons. The summed E-state index contributed by atoms with van der Waals surface area (Å²) in [7, 11) is 7.71. The van der Waals surface area contributed by atoms with Gasteiger partial charge in [0, 0.05) is 39.5 Å². The van der Waals surface area contributed by atoms with Gasteiger partial charge in [-0.05, 0) is 48.1 Å². The maximum absolute atomic E-state index is 13.5. The molecular formula is C26H26B3Cl2N7O3. The van der Waals surface area contributed by atoms with Gasteiger partial charge in [-0.3, -0.25) is 18.8 Å². The molecule has 15 heteroatoms. The number of halogens is 2. The van der Waals surface area contributed by atoms with Crippen molar-refractivity contribution in [3.63, 3.8) is 0 Å². The third kappa shape index (κ3) is 5.78. The Hall–Kier alpha value is -3.96. The Morgan fingerprint density at radius 1 is 1.07 bits per heavy atom. The number of anilines is 1. The Balaban J connectivity index is 1.49. The lowest BCUT2D eigenvalue weighted by Crippen LogP contribution is -2.35. The van der Waals surface area contributed by atoms with Crippen LogP contribution in [0.3, 0.4) is 0 Å². The molecule has 1 atom stereocenters. The molecule has 0 spiro atoms. The van der Waals surface area contributed by atoms with Gasteiger partial charge in [0.2, 0.25) is 5.91 Å². The van der Waals surface area contributed by atoms with Crippen LogP contribution < -0.4 is 15.6 Å². The molecule has 2 aromatic carbocycles. The minimum atomic E-state index is -0.786. The summed E-state index contributed by atoms with van der Waals surface area (Å²) >= 11 is 12.3. The second-order valence-corrected chi connectivity index (χ2v) is 11.4. The maximum atomic E-state index is 13.5. The normalized spacial score (nSPS) is 12.4. The summed E-state index contributed by atoms with van der Waals surface area (Å²) in [6, 6.07) is 11.3. The first-order valence-electron chi connectivity index (χ1n) is 13.0. The SMILES string of the molecule is BC(B)(B)n1cc2cc(NC(=O)C(CC)n3cc(OC)c(-c4cc(Cl)ccc4-n4cc(Cl)nn4)cc3=O)ccc2n1. The zero-order valence-electron chi connectivity index (χ0n) is 23.2. The van der Waals surface area contributed by atoms with E-state index in [0.717, 1.165) is 10.9 Å². The quantitative estimate of drug-likeness (QED) is 0.278. The summed E-state index contributed by atoms with van der Waals surface area (Å²) in [5.74, 6) is 0.0502. The lowest BCUT2D eigenvalue weighted by Gasteiger charge is -2.20. The summed E-state index contributed by atoms with van der Waals surface area (Å²) in [4.78, 5) is 26.9. The van der Waals surface area contributed by atoms with E-state index >= 15 is 0 Å². The molecule has 1 amide bonds. The van der Waals surface area contributed by atoms with Gasteiger partial charge in [0.15, 0.2) is 5.15 Å². The van der Waals surface area contributed by atoms with Gasteiger partial charge < -0.3 is 10.1 Å². The molecular weight excluding hydrogens is 562 g/mol. The summed E-state index contributed by atoms with van der Waals surface area (Å²) < 4.78 is 10.5. The van der Waals surface area contributed by atoms with Crippen LogP contribution in [-0.2, 0) is 10.0 Å². The highest BCUT2D eigenvalue weighted by atomic mass is 35.5. The van der Waals surface area contributed by atoms with Gasteiger partial charge in [-0.25, -0.2) is 4.68 Å². The van der Waals surface area contributed by atoms with Crippen LogP contribution >= 0.6 is 23.2 Å². The predicted octanol–water partition coefficient (Wildman–Crippen LogP) is 1.82.